The number of amides is 2. The quantitative estimate of drug-likeness (QED) is 0.732. The van der Waals surface area contributed by atoms with Gasteiger partial charge in [-0.1, -0.05) is 18.2 Å². The van der Waals surface area contributed by atoms with E-state index in [1.54, 1.807) is 19.2 Å². The minimum absolute atomic E-state index is 0.0773. The number of benzene rings is 2. The summed E-state index contributed by atoms with van der Waals surface area (Å²) in [4.78, 5) is 26.3. The van der Waals surface area contributed by atoms with E-state index in [0.717, 1.165) is 18.4 Å². The van der Waals surface area contributed by atoms with Gasteiger partial charge in [-0.05, 0) is 36.2 Å². The van der Waals surface area contributed by atoms with Crippen molar-refractivity contribution in [1.82, 2.24) is 4.90 Å². The Morgan fingerprint density at radius 1 is 1.26 bits per heavy atom. The van der Waals surface area contributed by atoms with Gasteiger partial charge in [0, 0.05) is 25.3 Å². The second-order valence-electron chi connectivity index (χ2n) is 7.67. The molecular weight excluding hydrogens is 403 g/mol. The molecule has 2 aromatic carbocycles. The molecule has 0 aromatic heterocycles. The monoisotopic (exact) mass is 428 g/mol. The van der Waals surface area contributed by atoms with Crippen LogP contribution >= 0.6 is 0 Å². The molecule has 2 aliphatic heterocycles. The molecule has 2 saturated heterocycles. The van der Waals surface area contributed by atoms with E-state index in [4.69, 9.17) is 14.2 Å². The third-order valence-electron chi connectivity index (χ3n) is 5.50. The highest BCUT2D eigenvalue weighted by Crippen LogP contribution is 2.36. The molecule has 2 heterocycles. The zero-order chi connectivity index (χ0) is 21.8. The van der Waals surface area contributed by atoms with Crippen LogP contribution in [0.15, 0.2) is 42.5 Å². The molecule has 2 aliphatic rings. The lowest BCUT2D eigenvalue weighted by Gasteiger charge is -2.19. The van der Waals surface area contributed by atoms with E-state index in [1.807, 2.05) is 18.2 Å². The molecular formula is C23H25FN2O5. The second kappa shape index (κ2) is 9.34. The first-order valence-corrected chi connectivity index (χ1v) is 10.3. The van der Waals surface area contributed by atoms with Crippen LogP contribution in [-0.2, 0) is 14.3 Å². The summed E-state index contributed by atoms with van der Waals surface area (Å²) in [5.41, 5.74) is 1.03. The van der Waals surface area contributed by atoms with Crippen molar-refractivity contribution in [3.63, 3.8) is 0 Å². The normalized spacial score (nSPS) is 20.7. The van der Waals surface area contributed by atoms with Crippen LogP contribution < -0.4 is 14.8 Å². The Balaban J connectivity index is 1.41. The molecule has 31 heavy (non-hydrogen) atoms. The van der Waals surface area contributed by atoms with Crippen LogP contribution in [0, 0.1) is 5.82 Å². The standard InChI is InChI=1S/C23H25FN2O5/c1-29-19-9-8-15(11-20(19)31-23-7-4-10-30-23)16-12-22(28)26(13-16)14-21(27)25-18-6-3-2-5-17(18)24/h2-3,5-6,8-9,11,16,23H,4,7,10,12-14H2,1H3,(H,25,27)/t16-,23?/m1/s1. The maximum atomic E-state index is 13.7. The molecule has 0 saturated carbocycles. The molecule has 0 spiro atoms. The number of methoxy groups -OCH3 is 1. The van der Waals surface area contributed by atoms with Gasteiger partial charge in [-0.15, -0.1) is 0 Å². The van der Waals surface area contributed by atoms with Gasteiger partial charge < -0.3 is 24.4 Å². The molecule has 2 aromatic rings. The molecule has 4 rings (SSSR count). The van der Waals surface area contributed by atoms with E-state index in [9.17, 15) is 14.0 Å². The lowest BCUT2D eigenvalue weighted by atomic mass is 9.98. The molecule has 1 unspecified atom stereocenters. The molecule has 7 nitrogen and oxygen atoms in total. The number of carbonyl (C=O) groups excluding carboxylic acids is 2. The van der Waals surface area contributed by atoms with E-state index in [1.165, 1.54) is 17.0 Å². The number of nitrogens with one attached hydrogen (secondary N) is 1. The minimum atomic E-state index is -0.515. The van der Waals surface area contributed by atoms with E-state index >= 15 is 0 Å². The maximum Gasteiger partial charge on any atom is 0.244 e. The number of halogens is 1. The van der Waals surface area contributed by atoms with Gasteiger partial charge in [0.1, 0.15) is 5.82 Å². The fraction of sp³-hybridized carbons (Fsp3) is 0.391. The van der Waals surface area contributed by atoms with Crippen LogP contribution in [0.4, 0.5) is 10.1 Å². The van der Waals surface area contributed by atoms with Crippen molar-refractivity contribution in [3.05, 3.63) is 53.8 Å². The predicted octanol–water partition coefficient (Wildman–Crippen LogP) is 3.30. The number of hydrogen-bond acceptors (Lipinski definition) is 5. The minimum Gasteiger partial charge on any atom is -0.493 e. The Morgan fingerprint density at radius 3 is 2.84 bits per heavy atom. The molecule has 8 heteroatoms. The molecule has 2 atom stereocenters. The van der Waals surface area contributed by atoms with Crippen LogP contribution in [0.3, 0.4) is 0 Å². The molecule has 2 fully saturated rings. The smallest absolute Gasteiger partial charge is 0.244 e. The van der Waals surface area contributed by atoms with Gasteiger partial charge in [0.25, 0.3) is 0 Å². The molecule has 0 bridgehead atoms. The highest BCUT2D eigenvalue weighted by atomic mass is 19.1. The maximum absolute atomic E-state index is 13.7. The Labute approximate surface area is 180 Å². The lowest BCUT2D eigenvalue weighted by molar-refractivity contribution is -0.131. The second-order valence-corrected chi connectivity index (χ2v) is 7.67. The highest BCUT2D eigenvalue weighted by molar-refractivity contribution is 5.95. The molecule has 2 amide bonds. The fourth-order valence-corrected chi connectivity index (χ4v) is 3.90. The zero-order valence-electron chi connectivity index (χ0n) is 17.3. The number of nitrogens with zero attached hydrogens (tertiary/aromatic N) is 1. The van der Waals surface area contributed by atoms with Crippen molar-refractivity contribution in [1.29, 1.82) is 0 Å². The molecule has 1 N–H and O–H groups in total. The predicted molar refractivity (Wildman–Crippen MR) is 112 cm³/mol. The average Bonchev–Trinajstić information content (AvgIpc) is 3.40. The molecule has 0 aliphatic carbocycles. The molecule has 0 radical (unpaired) electrons. The number of anilines is 1. The van der Waals surface area contributed by atoms with Crippen molar-refractivity contribution in [2.45, 2.75) is 31.5 Å². The number of hydrogen-bond donors (Lipinski definition) is 1. The largest absolute Gasteiger partial charge is 0.493 e. The topological polar surface area (TPSA) is 77.1 Å². The first-order valence-electron chi connectivity index (χ1n) is 10.3. The third kappa shape index (κ3) is 4.96. The third-order valence-corrected chi connectivity index (χ3v) is 5.50. The summed E-state index contributed by atoms with van der Waals surface area (Å²) in [6.45, 7) is 0.946. The van der Waals surface area contributed by atoms with Gasteiger partial charge in [0.05, 0.1) is 25.9 Å². The SMILES string of the molecule is COc1ccc([C@@H]2CC(=O)N(CC(=O)Nc3ccccc3F)C2)cc1OC1CCCO1. The van der Waals surface area contributed by atoms with Crippen molar-refractivity contribution in [2.75, 3.05) is 32.1 Å². The van der Waals surface area contributed by atoms with Crippen LogP contribution in [0.2, 0.25) is 0 Å². The van der Waals surface area contributed by atoms with E-state index < -0.39 is 11.7 Å². The van der Waals surface area contributed by atoms with E-state index in [-0.39, 0.29) is 30.3 Å². The number of para-hydroxylation sites is 1. The highest BCUT2D eigenvalue weighted by Gasteiger charge is 2.32. The number of rotatable bonds is 7. The fourth-order valence-electron chi connectivity index (χ4n) is 3.90. The summed E-state index contributed by atoms with van der Waals surface area (Å²) in [7, 11) is 1.58. The van der Waals surface area contributed by atoms with Gasteiger partial charge in [0.2, 0.25) is 11.8 Å². The summed E-state index contributed by atoms with van der Waals surface area (Å²) >= 11 is 0. The van der Waals surface area contributed by atoms with E-state index in [0.29, 0.717) is 31.1 Å². The van der Waals surface area contributed by atoms with Gasteiger partial charge >= 0.3 is 0 Å². The Morgan fingerprint density at radius 2 is 2.10 bits per heavy atom. The molecule has 164 valence electrons. The summed E-state index contributed by atoms with van der Waals surface area (Å²) in [6, 6.07) is 11.5. The van der Waals surface area contributed by atoms with Gasteiger partial charge in [0.15, 0.2) is 17.8 Å². The van der Waals surface area contributed by atoms with Crippen molar-refractivity contribution in [3.8, 4) is 11.5 Å². The lowest BCUT2D eigenvalue weighted by Crippen LogP contribution is -2.34. The summed E-state index contributed by atoms with van der Waals surface area (Å²) in [5, 5.41) is 2.52. The summed E-state index contributed by atoms with van der Waals surface area (Å²) < 4.78 is 30.6. The van der Waals surface area contributed by atoms with Crippen LogP contribution in [0.25, 0.3) is 0 Å². The first-order chi connectivity index (χ1) is 15.0. The average molecular weight is 428 g/mol. The Bertz CT molecular complexity index is 961. The Hall–Kier alpha value is -3.13. The summed E-state index contributed by atoms with van der Waals surface area (Å²) in [5.74, 6) is 0.0344. The van der Waals surface area contributed by atoms with Gasteiger partial charge in [-0.25, -0.2) is 4.39 Å². The number of carbonyl (C=O) groups is 2. The van der Waals surface area contributed by atoms with Crippen LogP contribution in [0.5, 0.6) is 11.5 Å². The van der Waals surface area contributed by atoms with Gasteiger partial charge in [-0.2, -0.15) is 0 Å². The van der Waals surface area contributed by atoms with Crippen LogP contribution in [0.1, 0.15) is 30.7 Å². The van der Waals surface area contributed by atoms with Crippen LogP contribution in [-0.4, -0.2) is 49.8 Å². The summed E-state index contributed by atoms with van der Waals surface area (Å²) in [6.07, 6.45) is 1.76. The van der Waals surface area contributed by atoms with Crippen molar-refractivity contribution in [2.24, 2.45) is 0 Å². The van der Waals surface area contributed by atoms with E-state index in [2.05, 4.69) is 5.32 Å². The Kier molecular flexibility index (Phi) is 6.36. The number of likely N-dealkylation sites (tertiary alicyclic amines) is 1. The van der Waals surface area contributed by atoms with Gasteiger partial charge in [-0.3, -0.25) is 9.59 Å². The van der Waals surface area contributed by atoms with Crippen molar-refractivity contribution < 1.29 is 28.2 Å². The number of ether oxygens (including phenoxy) is 3. The zero-order valence-corrected chi connectivity index (χ0v) is 17.3. The van der Waals surface area contributed by atoms with Crippen molar-refractivity contribution >= 4 is 17.5 Å². The first kappa shape index (κ1) is 21.1.